The Morgan fingerprint density at radius 2 is 1.85 bits per heavy atom. The molecule has 2 atom stereocenters. The van der Waals surface area contributed by atoms with Gasteiger partial charge in [0.25, 0.3) is 0 Å². The van der Waals surface area contributed by atoms with Crippen LogP contribution in [0, 0.1) is 11.3 Å². The van der Waals surface area contributed by atoms with Gasteiger partial charge in [-0.25, -0.2) is 4.79 Å². The number of rotatable bonds is 12. The summed E-state index contributed by atoms with van der Waals surface area (Å²) in [5.74, 6) is -1.03. The van der Waals surface area contributed by atoms with Crippen molar-refractivity contribution in [3.63, 3.8) is 0 Å². The van der Waals surface area contributed by atoms with Crippen LogP contribution in [-0.2, 0) is 22.6 Å². The molecule has 0 bridgehead atoms. The lowest BCUT2D eigenvalue weighted by atomic mass is 10.0. The molecule has 1 amide bonds. The van der Waals surface area contributed by atoms with Crippen LogP contribution in [0.4, 0.5) is 5.69 Å². The molecule has 1 heterocycles. The quantitative estimate of drug-likeness (QED) is 0.211. The fourth-order valence-electron chi connectivity index (χ4n) is 3.70. The Kier molecular flexibility index (Phi) is 8.15. The Labute approximate surface area is 192 Å². The van der Waals surface area contributed by atoms with Gasteiger partial charge < -0.3 is 35.7 Å². The zero-order valence-electron chi connectivity index (χ0n) is 18.9. The molecule has 9 heteroatoms. The van der Waals surface area contributed by atoms with Crippen LogP contribution >= 0.6 is 0 Å². The maximum absolute atomic E-state index is 12.6. The molecule has 1 unspecified atom stereocenters. The second-order valence-electron chi connectivity index (χ2n) is 8.18. The minimum absolute atomic E-state index is 0.275. The molecular weight excluding hydrogens is 420 g/mol. The van der Waals surface area contributed by atoms with E-state index in [2.05, 4.69) is 20.6 Å². The van der Waals surface area contributed by atoms with Crippen molar-refractivity contribution in [2.75, 3.05) is 25.5 Å². The molecule has 0 saturated carbocycles. The van der Waals surface area contributed by atoms with E-state index in [9.17, 15) is 14.4 Å². The van der Waals surface area contributed by atoms with Gasteiger partial charge in [-0.2, -0.15) is 0 Å². The summed E-state index contributed by atoms with van der Waals surface area (Å²) in [6, 6.07) is 12.9. The molecule has 0 radical (unpaired) electrons. The zero-order chi connectivity index (χ0) is 23.8. The van der Waals surface area contributed by atoms with E-state index in [1.807, 2.05) is 61.5 Å². The van der Waals surface area contributed by atoms with Crippen LogP contribution in [0.5, 0.6) is 0 Å². The summed E-state index contributed by atoms with van der Waals surface area (Å²) in [5.41, 5.74) is 4.10. The lowest BCUT2D eigenvalue weighted by Crippen LogP contribution is -2.43. The first-order valence-corrected chi connectivity index (χ1v) is 10.8. The number of imidazole rings is 1. The van der Waals surface area contributed by atoms with Gasteiger partial charge in [0.05, 0.1) is 23.0 Å². The molecule has 9 nitrogen and oxygen atoms in total. The van der Waals surface area contributed by atoms with Crippen LogP contribution in [0.1, 0.15) is 17.5 Å². The molecule has 33 heavy (non-hydrogen) atoms. The normalized spacial score (nSPS) is 12.8. The summed E-state index contributed by atoms with van der Waals surface area (Å²) in [6.07, 6.45) is 2.75. The lowest BCUT2D eigenvalue weighted by Gasteiger charge is -2.20. The molecule has 3 aromatic rings. The van der Waals surface area contributed by atoms with Crippen molar-refractivity contribution < 1.29 is 9.59 Å². The maximum Gasteiger partial charge on any atom is 0.323 e. The lowest BCUT2D eigenvalue weighted by molar-refractivity contribution is -0.125. The highest BCUT2D eigenvalue weighted by atomic mass is 16.2. The topological polar surface area (TPSA) is 134 Å². The number of fused-ring (bicyclic) bond motifs is 1. The predicted octanol–water partition coefficient (Wildman–Crippen LogP) is 1.59. The van der Waals surface area contributed by atoms with Crippen LogP contribution < -0.4 is 21.2 Å². The molecule has 2 aromatic carbocycles. The number of anilines is 1. The number of carbonyl (C=O) groups is 2. The fraction of sp³-hybridized carbons (Fsp3) is 0.333. The number of hydrogen-bond acceptors (Lipinski definition) is 6. The van der Waals surface area contributed by atoms with Gasteiger partial charge in [0.1, 0.15) is 6.29 Å². The van der Waals surface area contributed by atoms with Gasteiger partial charge in [0.2, 0.25) is 5.91 Å². The first kappa shape index (κ1) is 23.9. The van der Waals surface area contributed by atoms with Crippen molar-refractivity contribution in [1.29, 1.82) is 5.41 Å². The molecular formula is C24H30N6O3. The van der Waals surface area contributed by atoms with Crippen molar-refractivity contribution in [2.24, 2.45) is 5.92 Å². The largest absolute Gasteiger partial charge is 0.377 e. The average molecular weight is 451 g/mol. The van der Waals surface area contributed by atoms with Gasteiger partial charge in [-0.3, -0.25) is 4.79 Å². The number of aryl methyl sites for hydroxylation is 1. The van der Waals surface area contributed by atoms with Gasteiger partial charge >= 0.3 is 5.69 Å². The molecule has 0 aliphatic carbocycles. The first-order chi connectivity index (χ1) is 15.9. The van der Waals surface area contributed by atoms with E-state index in [0.717, 1.165) is 29.3 Å². The molecule has 174 valence electrons. The SMILES string of the molecule is CN(C)c1cc2[nH]c(=O)[nH]c2cc1CC[C@@H](C=O)NC(=O)C(C=N)CNCc1ccccc1. The average Bonchev–Trinajstić information content (AvgIpc) is 3.18. The van der Waals surface area contributed by atoms with Crippen molar-refractivity contribution in [2.45, 2.75) is 25.4 Å². The number of amides is 1. The second kappa shape index (κ2) is 11.2. The van der Waals surface area contributed by atoms with Crippen LogP contribution in [0.3, 0.4) is 0 Å². The van der Waals surface area contributed by atoms with Crippen LogP contribution in [-0.4, -0.2) is 55.1 Å². The Morgan fingerprint density at radius 1 is 1.15 bits per heavy atom. The Bertz CT molecular complexity index is 1150. The van der Waals surface area contributed by atoms with Crippen molar-refractivity contribution in [3.05, 3.63) is 64.1 Å². The molecule has 0 aliphatic rings. The van der Waals surface area contributed by atoms with Gasteiger partial charge in [0.15, 0.2) is 0 Å². The summed E-state index contributed by atoms with van der Waals surface area (Å²) < 4.78 is 0. The van der Waals surface area contributed by atoms with Crippen LogP contribution in [0.15, 0.2) is 47.3 Å². The van der Waals surface area contributed by atoms with Crippen LogP contribution in [0.25, 0.3) is 11.0 Å². The smallest absolute Gasteiger partial charge is 0.323 e. The molecule has 0 aliphatic heterocycles. The third-order valence-corrected chi connectivity index (χ3v) is 5.49. The third-order valence-electron chi connectivity index (χ3n) is 5.49. The molecule has 3 rings (SSSR count). The number of aldehydes is 1. The highest BCUT2D eigenvalue weighted by Gasteiger charge is 2.20. The Balaban J connectivity index is 1.59. The summed E-state index contributed by atoms with van der Waals surface area (Å²) in [7, 11) is 3.82. The van der Waals surface area contributed by atoms with Gasteiger partial charge in [-0.1, -0.05) is 30.3 Å². The van der Waals surface area contributed by atoms with E-state index in [-0.39, 0.29) is 11.6 Å². The van der Waals surface area contributed by atoms with Crippen LogP contribution in [0.2, 0.25) is 0 Å². The second-order valence-corrected chi connectivity index (χ2v) is 8.18. The summed E-state index contributed by atoms with van der Waals surface area (Å²) in [5, 5.41) is 13.5. The summed E-state index contributed by atoms with van der Waals surface area (Å²) >= 11 is 0. The first-order valence-electron chi connectivity index (χ1n) is 10.8. The molecule has 5 N–H and O–H groups in total. The monoisotopic (exact) mass is 450 g/mol. The number of carbonyl (C=O) groups excluding carboxylic acids is 2. The summed E-state index contributed by atoms with van der Waals surface area (Å²) in [6.45, 7) is 0.894. The molecule has 0 fully saturated rings. The molecule has 0 saturated heterocycles. The highest BCUT2D eigenvalue weighted by molar-refractivity contribution is 5.94. The minimum Gasteiger partial charge on any atom is -0.377 e. The number of H-pyrrole nitrogens is 2. The van der Waals surface area contributed by atoms with Gasteiger partial charge in [0, 0.05) is 39.1 Å². The van der Waals surface area contributed by atoms with E-state index in [1.54, 1.807) is 0 Å². The highest BCUT2D eigenvalue weighted by Crippen LogP contribution is 2.25. The number of nitrogens with one attached hydrogen (secondary N) is 5. The van der Waals surface area contributed by atoms with Gasteiger partial charge in [-0.05, 0) is 36.1 Å². The third kappa shape index (κ3) is 6.39. The fourth-order valence-corrected chi connectivity index (χ4v) is 3.70. The molecule has 1 aromatic heterocycles. The van der Waals surface area contributed by atoms with E-state index < -0.39 is 12.0 Å². The zero-order valence-corrected chi connectivity index (χ0v) is 18.9. The van der Waals surface area contributed by atoms with E-state index in [0.29, 0.717) is 37.0 Å². The number of aromatic nitrogens is 2. The van der Waals surface area contributed by atoms with Crippen molar-refractivity contribution in [1.82, 2.24) is 20.6 Å². The summed E-state index contributed by atoms with van der Waals surface area (Å²) in [4.78, 5) is 43.4. The van der Waals surface area contributed by atoms with E-state index in [4.69, 9.17) is 5.41 Å². The Morgan fingerprint density at radius 3 is 2.48 bits per heavy atom. The van der Waals surface area contributed by atoms with Crippen molar-refractivity contribution >= 4 is 35.1 Å². The number of benzene rings is 2. The number of hydrogen-bond donors (Lipinski definition) is 5. The van der Waals surface area contributed by atoms with Gasteiger partial charge in [-0.15, -0.1) is 0 Å². The number of aromatic amines is 2. The minimum atomic E-state index is -0.676. The Hall–Kier alpha value is -3.72. The van der Waals surface area contributed by atoms with Crippen molar-refractivity contribution in [3.8, 4) is 0 Å². The predicted molar refractivity (Wildman–Crippen MR) is 130 cm³/mol. The van der Waals surface area contributed by atoms with E-state index >= 15 is 0 Å². The maximum atomic E-state index is 12.6. The van der Waals surface area contributed by atoms with E-state index in [1.165, 1.54) is 0 Å². The standard InChI is InChI=1S/C24H30N6O3/c1-30(2)22-11-21-20(28-24(33)29-21)10-17(22)8-9-19(15-31)27-23(32)18(12-25)14-26-13-16-6-4-3-5-7-16/h3-7,10-12,15,18-19,25-26H,8-9,13-14H2,1-2H3,(H,27,32)(H2,28,29,33)/t18?,19-/m0/s1. The molecule has 0 spiro atoms. The number of nitrogens with zero attached hydrogens (tertiary/aromatic N) is 1.